The van der Waals surface area contributed by atoms with Crippen molar-refractivity contribution in [2.45, 2.75) is 109 Å². The average molecular weight is 608 g/mol. The zero-order valence-corrected chi connectivity index (χ0v) is 27.2. The summed E-state index contributed by atoms with van der Waals surface area (Å²) in [5, 5.41) is 9.83. The third-order valence-electron chi connectivity index (χ3n) is 9.43. The molecular formula is C37H54FN3O3. The van der Waals surface area contributed by atoms with Crippen LogP contribution in [0.25, 0.3) is 11.0 Å². The summed E-state index contributed by atoms with van der Waals surface area (Å²) in [5.74, 6) is 0.913. The Labute approximate surface area is 263 Å². The van der Waals surface area contributed by atoms with Crippen LogP contribution in [0.1, 0.15) is 107 Å². The van der Waals surface area contributed by atoms with Crippen LogP contribution in [0.5, 0.6) is 0 Å². The van der Waals surface area contributed by atoms with Crippen molar-refractivity contribution in [2.24, 2.45) is 11.8 Å². The van der Waals surface area contributed by atoms with Gasteiger partial charge in [0.05, 0.1) is 17.6 Å². The van der Waals surface area contributed by atoms with E-state index in [-0.39, 0.29) is 17.7 Å². The van der Waals surface area contributed by atoms with Crippen molar-refractivity contribution in [1.82, 2.24) is 14.9 Å². The second-order valence-electron chi connectivity index (χ2n) is 13.3. The van der Waals surface area contributed by atoms with Crippen molar-refractivity contribution < 1.29 is 19.0 Å². The molecular weight excluding hydrogens is 553 g/mol. The molecule has 0 fully saturated rings. The molecule has 1 aromatic heterocycles. The third kappa shape index (κ3) is 10.4. The van der Waals surface area contributed by atoms with Gasteiger partial charge in [-0.1, -0.05) is 77.0 Å². The van der Waals surface area contributed by atoms with Crippen LogP contribution in [0.15, 0.2) is 42.5 Å². The number of imidazole rings is 1. The Bertz CT molecular complexity index is 1260. The van der Waals surface area contributed by atoms with E-state index in [2.05, 4.69) is 47.9 Å². The van der Waals surface area contributed by atoms with Gasteiger partial charge in [0.15, 0.2) is 6.10 Å². The first-order valence-corrected chi connectivity index (χ1v) is 17.1. The van der Waals surface area contributed by atoms with Gasteiger partial charge in [0.1, 0.15) is 11.6 Å². The van der Waals surface area contributed by atoms with Gasteiger partial charge in [0.2, 0.25) is 0 Å². The van der Waals surface area contributed by atoms with E-state index < -0.39 is 12.1 Å². The fraction of sp³-hybridized carbons (Fsp3) is 0.622. The molecule has 242 valence electrons. The predicted molar refractivity (Wildman–Crippen MR) is 177 cm³/mol. The number of carboxylic acids is 1. The maximum absolute atomic E-state index is 13.8. The summed E-state index contributed by atoms with van der Waals surface area (Å²) >= 11 is 0. The molecule has 0 aliphatic heterocycles. The smallest absolute Gasteiger partial charge is 0.332 e. The van der Waals surface area contributed by atoms with Crippen molar-refractivity contribution in [1.29, 1.82) is 0 Å². The zero-order valence-electron chi connectivity index (χ0n) is 27.2. The number of carboxylic acid groups (broad SMARTS) is 1. The number of benzene rings is 2. The summed E-state index contributed by atoms with van der Waals surface area (Å²) in [6.45, 7) is 6.51. The van der Waals surface area contributed by atoms with Crippen molar-refractivity contribution >= 4 is 17.0 Å². The molecule has 0 bridgehead atoms. The number of H-pyrrole nitrogens is 1. The minimum Gasteiger partial charge on any atom is -0.479 e. The molecule has 1 heterocycles. The van der Waals surface area contributed by atoms with E-state index >= 15 is 0 Å². The van der Waals surface area contributed by atoms with Crippen LogP contribution in [-0.4, -0.2) is 58.8 Å². The van der Waals surface area contributed by atoms with E-state index in [0.29, 0.717) is 25.5 Å². The lowest BCUT2D eigenvalue weighted by Crippen LogP contribution is -2.34. The summed E-state index contributed by atoms with van der Waals surface area (Å²) in [6, 6.07) is 13.3. The monoisotopic (exact) mass is 607 g/mol. The van der Waals surface area contributed by atoms with E-state index in [0.717, 1.165) is 54.6 Å². The Morgan fingerprint density at radius 2 is 1.73 bits per heavy atom. The second-order valence-corrected chi connectivity index (χ2v) is 13.3. The van der Waals surface area contributed by atoms with Gasteiger partial charge in [-0.25, -0.2) is 14.2 Å². The number of aromatic amines is 1. The first-order valence-electron chi connectivity index (χ1n) is 17.1. The molecule has 2 N–H and O–H groups in total. The quantitative estimate of drug-likeness (QED) is 0.126. The third-order valence-corrected chi connectivity index (χ3v) is 9.43. The van der Waals surface area contributed by atoms with Crippen molar-refractivity contribution in [3.8, 4) is 0 Å². The van der Waals surface area contributed by atoms with Gasteiger partial charge in [0.25, 0.3) is 0 Å². The summed E-state index contributed by atoms with van der Waals surface area (Å²) in [7, 11) is 2.08. The lowest BCUT2D eigenvalue weighted by molar-refractivity contribution is -0.152. The molecule has 6 nitrogen and oxygen atoms in total. The Morgan fingerprint density at radius 3 is 2.43 bits per heavy atom. The molecule has 0 spiro atoms. The maximum Gasteiger partial charge on any atom is 0.332 e. The molecule has 0 radical (unpaired) electrons. The maximum atomic E-state index is 13.8. The number of halogens is 1. The average Bonchev–Trinajstić information content (AvgIpc) is 3.42. The number of aryl methyl sites for hydroxylation is 2. The highest BCUT2D eigenvalue weighted by Crippen LogP contribution is 2.41. The first-order chi connectivity index (χ1) is 21.3. The number of nitrogens with zero attached hydrogens (tertiary/aromatic N) is 2. The van der Waals surface area contributed by atoms with E-state index in [1.807, 2.05) is 18.2 Å². The van der Waals surface area contributed by atoms with Crippen LogP contribution in [0.3, 0.4) is 0 Å². The van der Waals surface area contributed by atoms with E-state index in [9.17, 15) is 14.3 Å². The summed E-state index contributed by atoms with van der Waals surface area (Å²) in [5.41, 5.74) is 4.47. The number of ether oxygens (including phenoxy) is 1. The number of rotatable bonds is 20. The molecule has 3 atom stereocenters. The highest BCUT2D eigenvalue weighted by atomic mass is 19.1. The van der Waals surface area contributed by atoms with Gasteiger partial charge in [-0.05, 0) is 98.8 Å². The van der Waals surface area contributed by atoms with E-state index in [4.69, 9.17) is 4.74 Å². The Balaban J connectivity index is 1.03. The lowest BCUT2D eigenvalue weighted by atomic mass is 9.70. The second kappa shape index (κ2) is 17.6. The van der Waals surface area contributed by atoms with Crippen LogP contribution in [-0.2, 0) is 22.4 Å². The molecule has 7 heteroatoms. The van der Waals surface area contributed by atoms with Crippen LogP contribution >= 0.6 is 0 Å². The number of para-hydroxylation sites is 2. The molecule has 2 aromatic carbocycles. The molecule has 1 aliphatic rings. The van der Waals surface area contributed by atoms with Gasteiger partial charge in [-0.15, -0.1) is 0 Å². The zero-order chi connectivity index (χ0) is 31.3. The van der Waals surface area contributed by atoms with Crippen LogP contribution in [0.2, 0.25) is 0 Å². The fourth-order valence-corrected chi connectivity index (χ4v) is 6.98. The molecule has 0 amide bonds. The normalized spacial score (nSPS) is 17.4. The number of aliphatic carboxylic acids is 1. The number of aromatic nitrogens is 2. The lowest BCUT2D eigenvalue weighted by Gasteiger charge is -2.36. The van der Waals surface area contributed by atoms with Gasteiger partial charge >= 0.3 is 5.97 Å². The molecule has 0 saturated heterocycles. The van der Waals surface area contributed by atoms with Crippen LogP contribution in [0, 0.1) is 17.7 Å². The summed E-state index contributed by atoms with van der Waals surface area (Å²) < 4.78 is 19.8. The van der Waals surface area contributed by atoms with Crippen LogP contribution in [0.4, 0.5) is 4.39 Å². The Morgan fingerprint density at radius 1 is 1.02 bits per heavy atom. The van der Waals surface area contributed by atoms with E-state index in [1.165, 1.54) is 56.9 Å². The van der Waals surface area contributed by atoms with E-state index in [1.54, 1.807) is 12.1 Å². The van der Waals surface area contributed by atoms with Gasteiger partial charge in [-0.3, -0.25) is 0 Å². The molecule has 0 saturated carbocycles. The number of nitrogens with one attached hydrogen (secondary N) is 1. The van der Waals surface area contributed by atoms with Crippen LogP contribution < -0.4 is 0 Å². The Kier molecular flexibility index (Phi) is 13.7. The molecule has 3 aromatic rings. The highest BCUT2D eigenvalue weighted by Gasteiger charge is 2.33. The topological polar surface area (TPSA) is 78.5 Å². The molecule has 1 unspecified atom stereocenters. The minimum absolute atomic E-state index is 0.186. The number of unbranched alkanes of at least 4 members (excludes halogenated alkanes) is 8. The van der Waals surface area contributed by atoms with Gasteiger partial charge in [-0.2, -0.15) is 0 Å². The minimum atomic E-state index is -0.882. The molecule has 4 rings (SSSR count). The number of hydrogen-bond acceptors (Lipinski definition) is 4. The summed E-state index contributed by atoms with van der Waals surface area (Å²) in [4.78, 5) is 22.3. The highest BCUT2D eigenvalue weighted by molar-refractivity contribution is 5.74. The number of fused-ring (bicyclic) bond motifs is 2. The Hall–Kier alpha value is -2.77. The van der Waals surface area contributed by atoms with Crippen molar-refractivity contribution in [3.05, 3.63) is 65.2 Å². The first kappa shape index (κ1) is 34.1. The number of carbonyl (C=O) groups is 1. The van der Waals surface area contributed by atoms with Crippen molar-refractivity contribution in [3.63, 3.8) is 0 Å². The fourth-order valence-electron chi connectivity index (χ4n) is 6.98. The molecule has 1 aliphatic carbocycles. The molecule has 44 heavy (non-hydrogen) atoms. The summed E-state index contributed by atoms with van der Waals surface area (Å²) in [6.07, 6.45) is 13.7. The SMILES string of the molecule is CC(C)[C@@H]1c2ccc(F)cc2CCC1CO[C@@H](CCN(C)CCCCCCCCCCCc1nc2ccccc2[nH]1)C(=O)O. The van der Waals surface area contributed by atoms with Gasteiger partial charge < -0.3 is 19.7 Å². The number of hydrogen-bond donors (Lipinski definition) is 2. The largest absolute Gasteiger partial charge is 0.479 e. The predicted octanol–water partition coefficient (Wildman–Crippen LogP) is 8.55. The standard InChI is InChI=1S/C37H54FN3O3/c1-27(2)36-29(19-18-28-25-30(38)20-21-31(28)36)26-44-34(37(42)43)22-24-41(3)23-14-10-8-6-4-5-7-9-11-17-35-39-32-15-12-13-16-33(32)40-35/h12-13,15-16,20-21,25,27,29,34,36H,4-11,14,17-19,22-24,26H2,1-3H3,(H,39,40)(H,42,43)/t29?,34-,36-/m0/s1. The van der Waals surface area contributed by atoms with Gasteiger partial charge in [0, 0.05) is 13.0 Å². The van der Waals surface area contributed by atoms with Crippen molar-refractivity contribution in [2.75, 3.05) is 26.7 Å².